The zero-order valence-electron chi connectivity index (χ0n) is 12.4. The van der Waals surface area contributed by atoms with Crippen LogP contribution in [0.25, 0.3) is 0 Å². The van der Waals surface area contributed by atoms with Crippen LogP contribution in [0.1, 0.15) is 36.1 Å². The largest absolute Gasteiger partial charge is 0.497 e. The lowest BCUT2D eigenvalue weighted by atomic mass is 9.85. The van der Waals surface area contributed by atoms with Crippen LogP contribution in [0, 0.1) is 5.82 Å². The average Bonchev–Trinajstić information content (AvgIpc) is 2.54. The molecule has 2 unspecified atom stereocenters. The van der Waals surface area contributed by atoms with Gasteiger partial charge >= 0.3 is 0 Å². The molecule has 2 nitrogen and oxygen atoms in total. The van der Waals surface area contributed by atoms with Gasteiger partial charge in [0.1, 0.15) is 11.6 Å². The van der Waals surface area contributed by atoms with Crippen LogP contribution >= 0.6 is 0 Å². The highest BCUT2D eigenvalue weighted by atomic mass is 19.1. The normalized spacial score (nSPS) is 20.9. The van der Waals surface area contributed by atoms with Gasteiger partial charge in [-0.15, -0.1) is 0 Å². The predicted octanol–water partition coefficient (Wildman–Crippen LogP) is 3.85. The number of benzene rings is 2. The quantitative estimate of drug-likeness (QED) is 0.925. The van der Waals surface area contributed by atoms with Crippen molar-refractivity contribution >= 4 is 0 Å². The maximum absolute atomic E-state index is 14.2. The number of halogens is 1. The molecule has 21 heavy (non-hydrogen) atoms. The third-order valence-electron chi connectivity index (χ3n) is 4.24. The molecule has 3 heteroatoms. The van der Waals surface area contributed by atoms with Gasteiger partial charge in [0, 0.05) is 11.6 Å². The van der Waals surface area contributed by atoms with Gasteiger partial charge in [-0.25, -0.2) is 4.39 Å². The van der Waals surface area contributed by atoms with E-state index in [1.54, 1.807) is 13.2 Å². The van der Waals surface area contributed by atoms with Crippen LogP contribution in [0.4, 0.5) is 4.39 Å². The summed E-state index contributed by atoms with van der Waals surface area (Å²) in [5.41, 5.74) is 3.09. The molecule has 3 rings (SSSR count). The molecule has 110 valence electrons. The van der Waals surface area contributed by atoms with Gasteiger partial charge in [0.05, 0.1) is 13.2 Å². The number of methoxy groups -OCH3 is 1. The molecule has 0 spiro atoms. The summed E-state index contributed by atoms with van der Waals surface area (Å²) < 4.78 is 19.5. The molecule has 1 aliphatic heterocycles. The summed E-state index contributed by atoms with van der Waals surface area (Å²) in [6.07, 6.45) is 2.00. The molecule has 2 aromatic carbocycles. The molecular weight excluding hydrogens is 265 g/mol. The Hall–Kier alpha value is -1.87. The summed E-state index contributed by atoms with van der Waals surface area (Å²) >= 11 is 0. The Morgan fingerprint density at radius 3 is 2.71 bits per heavy atom. The second-order valence-electron chi connectivity index (χ2n) is 5.50. The minimum atomic E-state index is -0.166. The van der Waals surface area contributed by atoms with Gasteiger partial charge in [-0.05, 0) is 42.2 Å². The summed E-state index contributed by atoms with van der Waals surface area (Å²) in [4.78, 5) is 0. The number of ether oxygens (including phenoxy) is 1. The molecule has 2 atom stereocenters. The minimum absolute atomic E-state index is 0.116. The Balaban J connectivity index is 2.10. The molecule has 1 heterocycles. The Morgan fingerprint density at radius 2 is 2.00 bits per heavy atom. The van der Waals surface area contributed by atoms with Crippen LogP contribution in [-0.2, 0) is 6.42 Å². The summed E-state index contributed by atoms with van der Waals surface area (Å²) in [5.74, 6) is 0.646. The van der Waals surface area contributed by atoms with E-state index in [1.807, 2.05) is 24.3 Å². The van der Waals surface area contributed by atoms with Crippen LogP contribution < -0.4 is 10.1 Å². The monoisotopic (exact) mass is 285 g/mol. The zero-order chi connectivity index (χ0) is 14.8. The smallest absolute Gasteiger partial charge is 0.128 e. The Morgan fingerprint density at radius 1 is 1.19 bits per heavy atom. The summed E-state index contributed by atoms with van der Waals surface area (Å²) in [5, 5.41) is 3.57. The van der Waals surface area contributed by atoms with Crippen molar-refractivity contribution in [3.63, 3.8) is 0 Å². The molecule has 0 radical (unpaired) electrons. The molecule has 0 saturated carbocycles. The molecule has 0 bridgehead atoms. The fourth-order valence-electron chi connectivity index (χ4n) is 3.03. The molecule has 2 aromatic rings. The highest BCUT2D eigenvalue weighted by Crippen LogP contribution is 2.34. The topological polar surface area (TPSA) is 21.3 Å². The second-order valence-corrected chi connectivity index (χ2v) is 5.50. The highest BCUT2D eigenvalue weighted by Gasteiger charge is 2.28. The highest BCUT2D eigenvalue weighted by molar-refractivity contribution is 5.44. The fourth-order valence-corrected chi connectivity index (χ4v) is 3.03. The van der Waals surface area contributed by atoms with Crippen LogP contribution in [0.5, 0.6) is 5.75 Å². The first-order chi connectivity index (χ1) is 10.2. The average molecular weight is 285 g/mol. The van der Waals surface area contributed by atoms with Gasteiger partial charge in [0.25, 0.3) is 0 Å². The van der Waals surface area contributed by atoms with E-state index in [0.29, 0.717) is 11.6 Å². The molecular formula is C18H20FNO. The lowest BCUT2D eigenvalue weighted by molar-refractivity contribution is 0.401. The van der Waals surface area contributed by atoms with E-state index in [0.717, 1.165) is 24.2 Å². The third kappa shape index (κ3) is 2.66. The van der Waals surface area contributed by atoms with Crippen molar-refractivity contribution in [3.05, 3.63) is 65.0 Å². The summed E-state index contributed by atoms with van der Waals surface area (Å²) in [7, 11) is 1.66. The molecule has 0 aliphatic carbocycles. The van der Waals surface area contributed by atoms with Crippen molar-refractivity contribution in [2.75, 3.05) is 7.11 Å². The SMILES string of the molecule is CCC1Cc2ccc(OC)cc2C(c2ccccc2F)N1. The second kappa shape index (κ2) is 5.86. The number of rotatable bonds is 3. The lowest BCUT2D eigenvalue weighted by Gasteiger charge is -2.33. The molecule has 0 saturated heterocycles. The zero-order valence-corrected chi connectivity index (χ0v) is 12.4. The molecule has 0 aromatic heterocycles. The molecule has 0 amide bonds. The predicted molar refractivity (Wildman–Crippen MR) is 82.2 cm³/mol. The number of fused-ring (bicyclic) bond motifs is 1. The summed E-state index contributed by atoms with van der Waals surface area (Å²) in [6.45, 7) is 2.16. The van der Waals surface area contributed by atoms with Crippen molar-refractivity contribution in [2.45, 2.75) is 31.8 Å². The number of nitrogens with one attached hydrogen (secondary N) is 1. The van der Waals surface area contributed by atoms with Crippen molar-refractivity contribution in [2.24, 2.45) is 0 Å². The standard InChI is InChI=1S/C18H20FNO/c1-3-13-10-12-8-9-14(21-2)11-16(12)18(20-13)15-6-4-5-7-17(15)19/h4-9,11,13,18,20H,3,10H2,1-2H3. The Labute approximate surface area is 125 Å². The van der Waals surface area contributed by atoms with Gasteiger partial charge in [-0.1, -0.05) is 31.2 Å². The first kappa shape index (κ1) is 14.1. The van der Waals surface area contributed by atoms with E-state index in [-0.39, 0.29) is 11.9 Å². The third-order valence-corrected chi connectivity index (χ3v) is 4.24. The first-order valence-corrected chi connectivity index (χ1v) is 7.40. The van der Waals surface area contributed by atoms with Crippen LogP contribution in [0.3, 0.4) is 0 Å². The maximum Gasteiger partial charge on any atom is 0.128 e. The first-order valence-electron chi connectivity index (χ1n) is 7.40. The van der Waals surface area contributed by atoms with Crippen LogP contribution in [-0.4, -0.2) is 13.2 Å². The van der Waals surface area contributed by atoms with Gasteiger partial charge in [-0.3, -0.25) is 0 Å². The van der Waals surface area contributed by atoms with E-state index >= 15 is 0 Å². The van der Waals surface area contributed by atoms with Gasteiger partial charge in [0.15, 0.2) is 0 Å². The van der Waals surface area contributed by atoms with Gasteiger partial charge < -0.3 is 10.1 Å². The van der Waals surface area contributed by atoms with Gasteiger partial charge in [-0.2, -0.15) is 0 Å². The lowest BCUT2D eigenvalue weighted by Crippen LogP contribution is -2.39. The van der Waals surface area contributed by atoms with Crippen molar-refractivity contribution < 1.29 is 9.13 Å². The fraction of sp³-hybridized carbons (Fsp3) is 0.333. The van der Waals surface area contributed by atoms with Crippen molar-refractivity contribution in [1.82, 2.24) is 5.32 Å². The Kier molecular flexibility index (Phi) is 3.93. The van der Waals surface area contributed by atoms with E-state index in [1.165, 1.54) is 11.6 Å². The van der Waals surface area contributed by atoms with Crippen molar-refractivity contribution in [3.8, 4) is 5.75 Å². The number of hydrogen-bond donors (Lipinski definition) is 1. The molecule has 0 fully saturated rings. The van der Waals surface area contributed by atoms with Crippen LogP contribution in [0.15, 0.2) is 42.5 Å². The minimum Gasteiger partial charge on any atom is -0.497 e. The van der Waals surface area contributed by atoms with E-state index in [9.17, 15) is 4.39 Å². The van der Waals surface area contributed by atoms with E-state index in [4.69, 9.17) is 4.74 Å². The van der Waals surface area contributed by atoms with E-state index < -0.39 is 0 Å². The molecule has 1 aliphatic rings. The van der Waals surface area contributed by atoms with Crippen molar-refractivity contribution in [1.29, 1.82) is 0 Å². The summed E-state index contributed by atoms with van der Waals surface area (Å²) in [6, 6.07) is 13.3. The van der Waals surface area contributed by atoms with Crippen LogP contribution in [0.2, 0.25) is 0 Å². The number of hydrogen-bond acceptors (Lipinski definition) is 2. The Bertz CT molecular complexity index is 641. The van der Waals surface area contributed by atoms with Gasteiger partial charge in [0.2, 0.25) is 0 Å². The van der Waals surface area contributed by atoms with E-state index in [2.05, 4.69) is 18.3 Å². The maximum atomic E-state index is 14.2. The molecule has 1 N–H and O–H groups in total.